The number of carbonyl (C=O) groups excluding carboxylic acids is 1. The van der Waals surface area contributed by atoms with E-state index in [1.54, 1.807) is 0 Å². The maximum atomic E-state index is 12.6. The number of Topliss-reactive ketones (excluding diaryl/α,β-unsaturated/α-hetero) is 1. The van der Waals surface area contributed by atoms with Gasteiger partial charge >= 0.3 is 0 Å². The van der Waals surface area contributed by atoms with Gasteiger partial charge in [0.15, 0.2) is 5.78 Å². The topological polar surface area (TPSA) is 55.8 Å². The van der Waals surface area contributed by atoms with Crippen molar-refractivity contribution in [3.05, 3.63) is 0 Å². The van der Waals surface area contributed by atoms with Crippen molar-refractivity contribution in [1.82, 2.24) is 0 Å². The molecule has 0 heterocycles. The first-order valence-corrected chi connectivity index (χ1v) is 6.95. The SMILES string of the molecule is COC1(OC)C(=O)[C@H]2CC[C@]13[C@H](CCC[C@H]3O)C2. The van der Waals surface area contributed by atoms with Crippen LogP contribution in [0.15, 0.2) is 0 Å². The Balaban J connectivity index is 2.14. The van der Waals surface area contributed by atoms with Gasteiger partial charge in [0.25, 0.3) is 0 Å². The summed E-state index contributed by atoms with van der Waals surface area (Å²) in [4.78, 5) is 12.6. The van der Waals surface area contributed by atoms with Crippen molar-refractivity contribution in [2.45, 2.75) is 50.4 Å². The molecule has 4 saturated carbocycles. The van der Waals surface area contributed by atoms with Gasteiger partial charge in [-0.3, -0.25) is 4.79 Å². The molecule has 4 nitrogen and oxygen atoms in total. The fourth-order valence-corrected chi connectivity index (χ4v) is 4.97. The molecule has 2 bridgehead atoms. The van der Waals surface area contributed by atoms with E-state index < -0.39 is 17.3 Å². The Morgan fingerprint density at radius 2 is 1.94 bits per heavy atom. The Morgan fingerprint density at radius 1 is 1.22 bits per heavy atom. The molecule has 4 aliphatic rings. The number of ketones is 1. The highest BCUT2D eigenvalue weighted by Gasteiger charge is 2.71. The Morgan fingerprint density at radius 3 is 2.61 bits per heavy atom. The molecular weight excluding hydrogens is 232 g/mol. The van der Waals surface area contributed by atoms with E-state index in [1.807, 2.05) is 0 Å². The number of hydrogen-bond acceptors (Lipinski definition) is 4. The van der Waals surface area contributed by atoms with Gasteiger partial charge in [-0.25, -0.2) is 0 Å². The van der Waals surface area contributed by atoms with E-state index in [9.17, 15) is 9.90 Å². The predicted molar refractivity (Wildman–Crippen MR) is 64.9 cm³/mol. The lowest BCUT2D eigenvalue weighted by atomic mass is 9.46. The van der Waals surface area contributed by atoms with Crippen LogP contribution < -0.4 is 0 Å². The fraction of sp³-hybridized carbons (Fsp3) is 0.929. The molecule has 1 spiro atoms. The largest absolute Gasteiger partial charge is 0.392 e. The summed E-state index contributed by atoms with van der Waals surface area (Å²) in [6.45, 7) is 0. The van der Waals surface area contributed by atoms with E-state index in [2.05, 4.69) is 0 Å². The second-order valence-corrected chi connectivity index (χ2v) is 6.04. The van der Waals surface area contributed by atoms with E-state index in [-0.39, 0.29) is 11.7 Å². The van der Waals surface area contributed by atoms with Gasteiger partial charge in [0.05, 0.1) is 11.5 Å². The maximum absolute atomic E-state index is 12.6. The third-order valence-electron chi connectivity index (χ3n) is 5.71. The van der Waals surface area contributed by atoms with Gasteiger partial charge in [0.1, 0.15) is 0 Å². The van der Waals surface area contributed by atoms with Crippen LogP contribution in [0.5, 0.6) is 0 Å². The van der Waals surface area contributed by atoms with Crippen molar-refractivity contribution in [3.63, 3.8) is 0 Å². The second kappa shape index (κ2) is 4.02. The zero-order valence-electron chi connectivity index (χ0n) is 11.1. The third-order valence-corrected chi connectivity index (χ3v) is 5.71. The number of hydrogen-bond donors (Lipinski definition) is 1. The minimum absolute atomic E-state index is 0.0518. The summed E-state index contributed by atoms with van der Waals surface area (Å²) < 4.78 is 11.1. The van der Waals surface area contributed by atoms with Gasteiger partial charge in [-0.15, -0.1) is 0 Å². The quantitative estimate of drug-likeness (QED) is 0.759. The van der Waals surface area contributed by atoms with E-state index in [4.69, 9.17) is 9.47 Å². The molecule has 4 heteroatoms. The van der Waals surface area contributed by atoms with Gasteiger partial charge < -0.3 is 14.6 Å². The lowest BCUT2D eigenvalue weighted by Crippen LogP contribution is -2.72. The van der Waals surface area contributed by atoms with Crippen LogP contribution in [0.4, 0.5) is 0 Å². The molecule has 0 amide bonds. The summed E-state index contributed by atoms with van der Waals surface area (Å²) in [6.07, 6.45) is 5.01. The maximum Gasteiger partial charge on any atom is 0.237 e. The zero-order chi connectivity index (χ0) is 13.0. The van der Waals surface area contributed by atoms with Gasteiger partial charge in [0.2, 0.25) is 5.79 Å². The Hall–Kier alpha value is -0.450. The van der Waals surface area contributed by atoms with Crippen LogP contribution >= 0.6 is 0 Å². The minimum atomic E-state index is -1.21. The van der Waals surface area contributed by atoms with Crippen molar-refractivity contribution < 1.29 is 19.4 Å². The summed E-state index contributed by atoms with van der Waals surface area (Å²) in [5.74, 6) is -0.741. The Kier molecular flexibility index (Phi) is 2.81. The highest BCUT2D eigenvalue weighted by molar-refractivity contribution is 5.91. The van der Waals surface area contributed by atoms with Crippen LogP contribution in [0, 0.1) is 17.3 Å². The van der Waals surface area contributed by atoms with Crippen LogP contribution in [0.3, 0.4) is 0 Å². The lowest BCUT2D eigenvalue weighted by molar-refractivity contribution is -0.328. The summed E-state index contributed by atoms with van der Waals surface area (Å²) >= 11 is 0. The summed E-state index contributed by atoms with van der Waals surface area (Å²) in [6, 6.07) is 0. The fourth-order valence-electron chi connectivity index (χ4n) is 4.97. The van der Waals surface area contributed by atoms with Crippen LogP contribution in [0.2, 0.25) is 0 Å². The minimum Gasteiger partial charge on any atom is -0.392 e. The average Bonchev–Trinajstić information content (AvgIpc) is 2.40. The molecule has 18 heavy (non-hydrogen) atoms. The molecule has 4 atom stereocenters. The number of ether oxygens (including phenoxy) is 2. The van der Waals surface area contributed by atoms with Crippen molar-refractivity contribution in [3.8, 4) is 0 Å². The molecular formula is C14H22O4. The standard InChI is InChI=1S/C14H22O4/c1-17-14(18-2)12(16)9-6-7-13(14)10(8-9)4-3-5-11(13)15/h9-11,15H,3-8H2,1-2H3/t9-,10+,11+,13+/m0/s1. The van der Waals surface area contributed by atoms with Crippen LogP contribution in [-0.4, -0.2) is 37.0 Å². The van der Waals surface area contributed by atoms with Gasteiger partial charge in [-0.05, 0) is 38.0 Å². The van der Waals surface area contributed by atoms with Crippen LogP contribution in [-0.2, 0) is 14.3 Å². The third kappa shape index (κ3) is 1.19. The van der Waals surface area contributed by atoms with E-state index in [1.165, 1.54) is 14.2 Å². The molecule has 4 rings (SSSR count). The first-order chi connectivity index (χ1) is 8.62. The first-order valence-electron chi connectivity index (χ1n) is 6.95. The molecule has 4 aliphatic carbocycles. The molecule has 0 saturated heterocycles. The van der Waals surface area contributed by atoms with E-state index >= 15 is 0 Å². The highest BCUT2D eigenvalue weighted by atomic mass is 16.7. The number of rotatable bonds is 2. The molecule has 0 aliphatic heterocycles. The number of methoxy groups -OCH3 is 2. The normalized spacial score (nSPS) is 45.9. The molecule has 1 N–H and O–H groups in total. The van der Waals surface area contributed by atoms with E-state index in [0.29, 0.717) is 5.92 Å². The Bertz CT molecular complexity index is 363. The average molecular weight is 254 g/mol. The van der Waals surface area contributed by atoms with Crippen molar-refractivity contribution in [2.24, 2.45) is 17.3 Å². The number of fused-ring (bicyclic) bond motifs is 2. The summed E-state index contributed by atoms with van der Waals surface area (Å²) in [7, 11) is 3.07. The molecule has 102 valence electrons. The number of aliphatic hydroxyl groups excluding tert-OH is 1. The van der Waals surface area contributed by atoms with Gasteiger partial charge in [0, 0.05) is 20.1 Å². The molecule has 0 aromatic rings. The smallest absolute Gasteiger partial charge is 0.237 e. The summed E-state index contributed by atoms with van der Waals surface area (Å²) in [5, 5.41) is 10.6. The molecule has 0 unspecified atom stereocenters. The second-order valence-electron chi connectivity index (χ2n) is 6.04. The van der Waals surface area contributed by atoms with Crippen LogP contribution in [0.1, 0.15) is 38.5 Å². The molecule has 0 aromatic heterocycles. The lowest BCUT2D eigenvalue weighted by Gasteiger charge is -2.63. The van der Waals surface area contributed by atoms with Gasteiger partial charge in [-0.1, -0.05) is 6.42 Å². The first kappa shape index (κ1) is 12.6. The van der Waals surface area contributed by atoms with Crippen molar-refractivity contribution in [2.75, 3.05) is 14.2 Å². The number of aliphatic hydroxyl groups is 1. The molecule has 0 aromatic carbocycles. The van der Waals surface area contributed by atoms with Gasteiger partial charge in [-0.2, -0.15) is 0 Å². The van der Waals surface area contributed by atoms with Crippen molar-refractivity contribution in [1.29, 1.82) is 0 Å². The van der Waals surface area contributed by atoms with Crippen LogP contribution in [0.25, 0.3) is 0 Å². The predicted octanol–water partition coefficient (Wildman–Crippen LogP) is 1.51. The highest BCUT2D eigenvalue weighted by Crippen LogP contribution is 2.63. The molecule has 0 radical (unpaired) electrons. The summed E-state index contributed by atoms with van der Waals surface area (Å²) in [5.41, 5.74) is -0.513. The van der Waals surface area contributed by atoms with E-state index in [0.717, 1.165) is 38.5 Å². The monoisotopic (exact) mass is 254 g/mol. The molecule has 4 fully saturated rings. The van der Waals surface area contributed by atoms with Crippen molar-refractivity contribution >= 4 is 5.78 Å². The zero-order valence-corrected chi connectivity index (χ0v) is 11.1. The Labute approximate surface area is 108 Å². The number of carbonyl (C=O) groups is 1.